The molecular weight excluding hydrogens is 394 g/mol. The number of halogens is 1. The van der Waals surface area contributed by atoms with E-state index in [1.165, 1.54) is 34.4 Å². The van der Waals surface area contributed by atoms with Crippen LogP contribution in [0.25, 0.3) is 0 Å². The van der Waals surface area contributed by atoms with Crippen molar-refractivity contribution in [2.45, 2.75) is 17.7 Å². The van der Waals surface area contributed by atoms with Gasteiger partial charge in [0.15, 0.2) is 4.34 Å². The molecule has 2 rings (SSSR count). The van der Waals surface area contributed by atoms with Crippen LogP contribution in [0.15, 0.2) is 9.72 Å². The normalized spacial score (nSPS) is 10.1. The third kappa shape index (κ3) is 6.32. The number of esters is 1. The van der Waals surface area contributed by atoms with E-state index >= 15 is 0 Å². The summed E-state index contributed by atoms with van der Waals surface area (Å²) in [4.78, 5) is 27.5. The zero-order chi connectivity index (χ0) is 16.7. The van der Waals surface area contributed by atoms with E-state index in [0.717, 1.165) is 5.01 Å². The van der Waals surface area contributed by atoms with Crippen LogP contribution in [0, 0.1) is 0 Å². The zero-order valence-corrected chi connectivity index (χ0v) is 15.9. The lowest BCUT2D eigenvalue weighted by Gasteiger charge is -1.98. The molecule has 0 saturated carbocycles. The minimum Gasteiger partial charge on any atom is -0.465 e. The number of amides is 1. The summed E-state index contributed by atoms with van der Waals surface area (Å²) in [5, 5.41) is 13.3. The minimum atomic E-state index is -0.345. The summed E-state index contributed by atoms with van der Waals surface area (Å²) >= 11 is 3.80. The standard InChI is InChI=1S/C12H15N5O3S3.ClH/c1-2-20-9(18)6-22-12-17-16-11(23-12)15-10(19)7-5-21-8(14-7)3-4-13;/h5H,2-4,6,13H2,1H3,(H,15,16,19);1H. The summed E-state index contributed by atoms with van der Waals surface area (Å²) in [6.07, 6.45) is 0.644. The van der Waals surface area contributed by atoms with Gasteiger partial charge in [-0.3, -0.25) is 14.9 Å². The Morgan fingerprint density at radius 2 is 2.21 bits per heavy atom. The maximum Gasteiger partial charge on any atom is 0.316 e. The van der Waals surface area contributed by atoms with Gasteiger partial charge < -0.3 is 10.5 Å². The Balaban J connectivity index is 0.00000288. The number of rotatable bonds is 8. The molecule has 8 nitrogen and oxygen atoms in total. The molecule has 0 unspecified atom stereocenters. The second kappa shape index (κ2) is 10.6. The fraction of sp³-hybridized carbons (Fsp3) is 0.417. The molecule has 0 bridgehead atoms. The van der Waals surface area contributed by atoms with Gasteiger partial charge in [-0.25, -0.2) is 4.98 Å². The fourth-order valence-electron chi connectivity index (χ4n) is 1.46. The molecule has 0 atom stereocenters. The van der Waals surface area contributed by atoms with Crippen molar-refractivity contribution in [3.63, 3.8) is 0 Å². The summed E-state index contributed by atoms with van der Waals surface area (Å²) in [5.74, 6) is -0.499. The lowest BCUT2D eigenvalue weighted by Crippen LogP contribution is -2.12. The van der Waals surface area contributed by atoms with Gasteiger partial charge in [-0.05, 0) is 13.5 Å². The summed E-state index contributed by atoms with van der Waals surface area (Å²) in [6, 6.07) is 0. The third-order valence-corrected chi connectivity index (χ3v) is 5.24. The quantitative estimate of drug-likeness (QED) is 0.385. The molecule has 2 aromatic rings. The molecule has 0 aromatic carbocycles. The van der Waals surface area contributed by atoms with Crippen LogP contribution in [0.2, 0.25) is 0 Å². The van der Waals surface area contributed by atoms with E-state index in [-0.39, 0.29) is 30.0 Å². The Bertz CT molecular complexity index is 678. The number of thiazole rings is 1. The van der Waals surface area contributed by atoms with Crippen LogP contribution in [-0.4, -0.2) is 46.0 Å². The van der Waals surface area contributed by atoms with E-state index in [2.05, 4.69) is 20.5 Å². The van der Waals surface area contributed by atoms with Gasteiger partial charge in [0.25, 0.3) is 5.91 Å². The van der Waals surface area contributed by atoms with Crippen molar-refractivity contribution in [3.8, 4) is 0 Å². The average Bonchev–Trinajstić information content (AvgIpc) is 3.15. The zero-order valence-electron chi connectivity index (χ0n) is 12.7. The smallest absolute Gasteiger partial charge is 0.316 e. The number of anilines is 1. The largest absolute Gasteiger partial charge is 0.465 e. The maximum absolute atomic E-state index is 12.1. The molecular formula is C12H16ClN5O3S3. The molecule has 24 heavy (non-hydrogen) atoms. The molecule has 0 fully saturated rings. The third-order valence-electron chi connectivity index (χ3n) is 2.39. The number of ether oxygens (including phenoxy) is 1. The Morgan fingerprint density at radius 3 is 2.92 bits per heavy atom. The van der Waals surface area contributed by atoms with Crippen molar-refractivity contribution >= 4 is 63.9 Å². The fourth-order valence-corrected chi connectivity index (χ4v) is 3.80. The van der Waals surface area contributed by atoms with Gasteiger partial charge in [-0.2, -0.15) is 0 Å². The van der Waals surface area contributed by atoms with Crippen molar-refractivity contribution in [2.24, 2.45) is 5.73 Å². The Hall–Kier alpha value is -1.27. The lowest BCUT2D eigenvalue weighted by atomic mass is 10.4. The first-order valence-corrected chi connectivity index (χ1v) is 9.38. The molecule has 0 aliphatic heterocycles. The second-order valence-corrected chi connectivity index (χ2v) is 7.23. The van der Waals surface area contributed by atoms with E-state index < -0.39 is 0 Å². The van der Waals surface area contributed by atoms with E-state index in [1.807, 2.05) is 0 Å². The number of carbonyl (C=O) groups is 2. The summed E-state index contributed by atoms with van der Waals surface area (Å²) in [7, 11) is 0. The summed E-state index contributed by atoms with van der Waals surface area (Å²) in [6.45, 7) is 2.58. The molecule has 0 aliphatic carbocycles. The van der Waals surface area contributed by atoms with Crippen molar-refractivity contribution in [1.29, 1.82) is 0 Å². The van der Waals surface area contributed by atoms with Gasteiger partial charge in [-0.15, -0.1) is 33.9 Å². The van der Waals surface area contributed by atoms with Crippen molar-refractivity contribution < 1.29 is 14.3 Å². The number of thioether (sulfide) groups is 1. The van der Waals surface area contributed by atoms with E-state index in [4.69, 9.17) is 10.5 Å². The number of hydrogen-bond donors (Lipinski definition) is 2. The van der Waals surface area contributed by atoms with Crippen LogP contribution >= 0.6 is 46.8 Å². The number of aromatic nitrogens is 3. The Labute approximate surface area is 157 Å². The van der Waals surface area contributed by atoms with Gasteiger partial charge >= 0.3 is 5.97 Å². The molecule has 0 saturated heterocycles. The van der Waals surface area contributed by atoms with Crippen LogP contribution in [0.5, 0.6) is 0 Å². The highest BCUT2D eigenvalue weighted by Gasteiger charge is 2.14. The molecule has 2 heterocycles. The van der Waals surface area contributed by atoms with Crippen LogP contribution < -0.4 is 11.1 Å². The van der Waals surface area contributed by atoms with E-state index in [9.17, 15) is 9.59 Å². The highest BCUT2D eigenvalue weighted by Crippen LogP contribution is 2.26. The Morgan fingerprint density at radius 1 is 1.42 bits per heavy atom. The van der Waals surface area contributed by atoms with Crippen LogP contribution in [-0.2, 0) is 16.0 Å². The van der Waals surface area contributed by atoms with Gasteiger partial charge in [0.1, 0.15) is 5.69 Å². The lowest BCUT2D eigenvalue weighted by molar-refractivity contribution is -0.139. The highest BCUT2D eigenvalue weighted by atomic mass is 35.5. The van der Waals surface area contributed by atoms with Crippen LogP contribution in [0.4, 0.5) is 5.13 Å². The molecule has 0 spiro atoms. The number of nitrogens with zero attached hydrogens (tertiary/aromatic N) is 3. The van der Waals surface area contributed by atoms with Gasteiger partial charge in [-0.1, -0.05) is 23.1 Å². The summed E-state index contributed by atoms with van der Waals surface area (Å²) in [5.41, 5.74) is 5.78. The maximum atomic E-state index is 12.1. The van der Waals surface area contributed by atoms with Crippen molar-refractivity contribution in [3.05, 3.63) is 16.1 Å². The minimum absolute atomic E-state index is 0. The number of carbonyl (C=O) groups excluding carboxylic acids is 2. The van der Waals surface area contributed by atoms with Gasteiger partial charge in [0.2, 0.25) is 5.13 Å². The second-order valence-electron chi connectivity index (χ2n) is 4.09. The first kappa shape index (κ1) is 20.8. The highest BCUT2D eigenvalue weighted by molar-refractivity contribution is 8.01. The van der Waals surface area contributed by atoms with Gasteiger partial charge in [0.05, 0.1) is 17.4 Å². The molecule has 1 amide bonds. The SMILES string of the molecule is CCOC(=O)CSc1nnc(NC(=O)c2csc(CCN)n2)s1.Cl. The number of hydrogen-bond acceptors (Lipinski definition) is 10. The van der Waals surface area contributed by atoms with Crippen LogP contribution in [0.3, 0.4) is 0 Å². The topological polar surface area (TPSA) is 120 Å². The predicted octanol–water partition coefficient (Wildman–Crippen LogP) is 1.83. The molecule has 2 aromatic heterocycles. The Kier molecular flexibility index (Phi) is 9.14. The molecule has 3 N–H and O–H groups in total. The molecule has 132 valence electrons. The first-order chi connectivity index (χ1) is 11.1. The molecule has 12 heteroatoms. The molecule has 0 aliphatic rings. The monoisotopic (exact) mass is 409 g/mol. The average molecular weight is 410 g/mol. The van der Waals surface area contributed by atoms with Gasteiger partial charge in [0, 0.05) is 11.8 Å². The van der Waals surface area contributed by atoms with E-state index in [0.29, 0.717) is 34.7 Å². The first-order valence-electron chi connectivity index (χ1n) is 6.70. The van der Waals surface area contributed by atoms with E-state index in [1.54, 1.807) is 12.3 Å². The number of nitrogens with one attached hydrogen (secondary N) is 1. The number of nitrogens with two attached hydrogens (primary N) is 1. The van der Waals surface area contributed by atoms with Crippen molar-refractivity contribution in [1.82, 2.24) is 15.2 Å². The predicted molar refractivity (Wildman–Crippen MR) is 97.3 cm³/mol. The van der Waals surface area contributed by atoms with Crippen molar-refractivity contribution in [2.75, 3.05) is 24.2 Å². The van der Waals surface area contributed by atoms with Crippen LogP contribution in [0.1, 0.15) is 22.4 Å². The summed E-state index contributed by atoms with van der Waals surface area (Å²) < 4.78 is 5.41. The molecule has 0 radical (unpaired) electrons.